The molecule has 0 bridgehead atoms. The third-order valence-electron chi connectivity index (χ3n) is 4.90. The molecule has 2 nitrogen and oxygen atoms in total. The van der Waals surface area contributed by atoms with Gasteiger partial charge in [0.15, 0.2) is 0 Å². The number of hydrogen-bond acceptors (Lipinski definition) is 2. The Morgan fingerprint density at radius 1 is 0.875 bits per heavy atom. The van der Waals surface area contributed by atoms with Crippen molar-refractivity contribution in [2.75, 3.05) is 0 Å². The summed E-state index contributed by atoms with van der Waals surface area (Å²) in [5, 5.41) is 0. The van der Waals surface area contributed by atoms with E-state index in [0.29, 0.717) is 12.1 Å². The van der Waals surface area contributed by atoms with Gasteiger partial charge in [-0.2, -0.15) is 0 Å². The van der Waals surface area contributed by atoms with Gasteiger partial charge in [-0.3, -0.25) is 0 Å². The molecule has 0 aliphatic heterocycles. The zero-order valence-electron chi connectivity index (χ0n) is 10.7. The fourth-order valence-corrected chi connectivity index (χ4v) is 3.64. The minimum Gasteiger partial charge on any atom is -0.328 e. The third-order valence-corrected chi connectivity index (χ3v) is 4.90. The van der Waals surface area contributed by atoms with Crippen LogP contribution in [0.1, 0.15) is 58.3 Å². The van der Waals surface area contributed by atoms with Crippen LogP contribution in [-0.4, -0.2) is 12.1 Å². The number of rotatable bonds is 2. The number of hydrogen-bond donors (Lipinski definition) is 2. The fourth-order valence-electron chi connectivity index (χ4n) is 3.64. The highest BCUT2D eigenvalue weighted by Gasteiger charge is 2.28. The second kappa shape index (κ2) is 5.50. The maximum absolute atomic E-state index is 6.08. The quantitative estimate of drug-likeness (QED) is 0.757. The molecule has 2 saturated carbocycles. The highest BCUT2D eigenvalue weighted by atomic mass is 14.7. The van der Waals surface area contributed by atoms with Gasteiger partial charge in [0.2, 0.25) is 0 Å². The summed E-state index contributed by atoms with van der Waals surface area (Å²) in [4.78, 5) is 0. The number of nitrogens with two attached hydrogens (primary N) is 2. The molecule has 16 heavy (non-hydrogen) atoms. The van der Waals surface area contributed by atoms with Gasteiger partial charge in [0, 0.05) is 12.1 Å². The van der Waals surface area contributed by atoms with Crippen LogP contribution in [0.5, 0.6) is 0 Å². The highest BCUT2D eigenvalue weighted by molar-refractivity contribution is 4.83. The maximum atomic E-state index is 6.08. The van der Waals surface area contributed by atoms with Gasteiger partial charge in [-0.15, -0.1) is 0 Å². The van der Waals surface area contributed by atoms with Gasteiger partial charge in [-0.05, 0) is 69.1 Å². The molecule has 0 spiro atoms. The summed E-state index contributed by atoms with van der Waals surface area (Å²) in [6, 6.07) is 0.964. The topological polar surface area (TPSA) is 52.0 Å². The van der Waals surface area contributed by atoms with E-state index in [0.717, 1.165) is 17.8 Å². The molecule has 0 aromatic heterocycles. The van der Waals surface area contributed by atoms with Crippen molar-refractivity contribution in [2.45, 2.75) is 70.4 Å². The molecule has 94 valence electrons. The van der Waals surface area contributed by atoms with E-state index in [2.05, 4.69) is 6.92 Å². The summed E-state index contributed by atoms with van der Waals surface area (Å²) >= 11 is 0. The van der Waals surface area contributed by atoms with Crippen LogP contribution in [0.15, 0.2) is 0 Å². The van der Waals surface area contributed by atoms with E-state index in [1.54, 1.807) is 0 Å². The first-order valence-electron chi connectivity index (χ1n) is 7.16. The van der Waals surface area contributed by atoms with Crippen LogP contribution in [0, 0.1) is 17.8 Å². The largest absolute Gasteiger partial charge is 0.328 e. The molecular formula is C14H28N2. The molecule has 0 amide bonds. The molecule has 2 fully saturated rings. The molecule has 2 heteroatoms. The van der Waals surface area contributed by atoms with E-state index in [-0.39, 0.29) is 0 Å². The summed E-state index contributed by atoms with van der Waals surface area (Å²) in [5.41, 5.74) is 12.0. The van der Waals surface area contributed by atoms with Crippen molar-refractivity contribution in [1.82, 2.24) is 0 Å². The summed E-state index contributed by atoms with van der Waals surface area (Å²) in [6.07, 6.45) is 10.7. The Morgan fingerprint density at radius 2 is 1.50 bits per heavy atom. The first-order chi connectivity index (χ1) is 7.65. The van der Waals surface area contributed by atoms with E-state index in [1.165, 1.54) is 51.4 Å². The van der Waals surface area contributed by atoms with Crippen molar-refractivity contribution in [3.05, 3.63) is 0 Å². The molecule has 0 aromatic carbocycles. The van der Waals surface area contributed by atoms with Crippen molar-refractivity contribution in [2.24, 2.45) is 29.2 Å². The minimum atomic E-state index is 0.469. The lowest BCUT2D eigenvalue weighted by atomic mass is 9.73. The lowest BCUT2D eigenvalue weighted by molar-refractivity contribution is 0.190. The van der Waals surface area contributed by atoms with Crippen molar-refractivity contribution >= 4 is 0 Å². The molecule has 3 atom stereocenters. The van der Waals surface area contributed by atoms with Crippen LogP contribution in [0.3, 0.4) is 0 Å². The second-order valence-electron chi connectivity index (χ2n) is 6.34. The molecule has 0 heterocycles. The average molecular weight is 224 g/mol. The van der Waals surface area contributed by atoms with Crippen molar-refractivity contribution < 1.29 is 0 Å². The fraction of sp³-hybridized carbons (Fsp3) is 1.00. The van der Waals surface area contributed by atoms with Crippen molar-refractivity contribution in [1.29, 1.82) is 0 Å². The molecule has 2 rings (SSSR count). The zero-order valence-corrected chi connectivity index (χ0v) is 10.7. The summed E-state index contributed by atoms with van der Waals surface area (Å²) in [6.45, 7) is 2.33. The van der Waals surface area contributed by atoms with E-state index >= 15 is 0 Å². The second-order valence-corrected chi connectivity index (χ2v) is 6.34. The summed E-state index contributed by atoms with van der Waals surface area (Å²) in [7, 11) is 0. The van der Waals surface area contributed by atoms with Gasteiger partial charge < -0.3 is 11.5 Å². The van der Waals surface area contributed by atoms with Gasteiger partial charge in [0.1, 0.15) is 0 Å². The Bertz CT molecular complexity index is 209. The Hall–Kier alpha value is -0.0800. The van der Waals surface area contributed by atoms with Gasteiger partial charge >= 0.3 is 0 Å². The molecule has 2 aliphatic carbocycles. The normalized spacial score (nSPS) is 45.6. The third kappa shape index (κ3) is 3.21. The van der Waals surface area contributed by atoms with Crippen LogP contribution in [0.25, 0.3) is 0 Å². The van der Waals surface area contributed by atoms with Gasteiger partial charge in [0.05, 0.1) is 0 Å². The molecule has 0 radical (unpaired) electrons. The molecule has 2 aliphatic rings. The predicted molar refractivity (Wildman–Crippen MR) is 69.0 cm³/mol. The van der Waals surface area contributed by atoms with Crippen LogP contribution < -0.4 is 11.5 Å². The zero-order chi connectivity index (χ0) is 11.5. The first kappa shape index (κ1) is 12.4. The Balaban J connectivity index is 1.73. The maximum Gasteiger partial charge on any atom is 0.00647 e. The lowest BCUT2D eigenvalue weighted by Gasteiger charge is -2.35. The lowest BCUT2D eigenvalue weighted by Crippen LogP contribution is -2.35. The van der Waals surface area contributed by atoms with Gasteiger partial charge in [-0.25, -0.2) is 0 Å². The van der Waals surface area contributed by atoms with E-state index in [4.69, 9.17) is 11.5 Å². The van der Waals surface area contributed by atoms with E-state index < -0.39 is 0 Å². The highest BCUT2D eigenvalue weighted by Crippen LogP contribution is 2.36. The van der Waals surface area contributed by atoms with Crippen LogP contribution in [-0.2, 0) is 0 Å². The van der Waals surface area contributed by atoms with Crippen LogP contribution in [0.4, 0.5) is 0 Å². The predicted octanol–water partition coefficient (Wildman–Crippen LogP) is 2.66. The van der Waals surface area contributed by atoms with Gasteiger partial charge in [0.25, 0.3) is 0 Å². The summed E-state index contributed by atoms with van der Waals surface area (Å²) in [5.74, 6) is 2.66. The minimum absolute atomic E-state index is 0.469. The molecule has 3 unspecified atom stereocenters. The van der Waals surface area contributed by atoms with Crippen LogP contribution >= 0.6 is 0 Å². The average Bonchev–Trinajstić information content (AvgIpc) is 2.27. The SMILES string of the molecule is CC1CC(CC2CCC(N)CC2)CCC1N. The molecule has 0 aromatic rings. The molecule has 0 saturated heterocycles. The van der Waals surface area contributed by atoms with E-state index in [9.17, 15) is 0 Å². The summed E-state index contributed by atoms with van der Waals surface area (Å²) < 4.78 is 0. The first-order valence-corrected chi connectivity index (χ1v) is 7.16. The van der Waals surface area contributed by atoms with Crippen LogP contribution in [0.2, 0.25) is 0 Å². The smallest absolute Gasteiger partial charge is 0.00647 e. The Kier molecular flexibility index (Phi) is 4.26. The van der Waals surface area contributed by atoms with Crippen molar-refractivity contribution in [3.8, 4) is 0 Å². The molecule has 4 N–H and O–H groups in total. The Labute approximate surface area is 100 Å². The van der Waals surface area contributed by atoms with Crippen molar-refractivity contribution in [3.63, 3.8) is 0 Å². The Morgan fingerprint density at radius 3 is 2.12 bits per heavy atom. The monoisotopic (exact) mass is 224 g/mol. The van der Waals surface area contributed by atoms with Gasteiger partial charge in [-0.1, -0.05) is 6.92 Å². The van der Waals surface area contributed by atoms with E-state index in [1.807, 2.05) is 0 Å². The molecular weight excluding hydrogens is 196 g/mol. The standard InChI is InChI=1S/C14H28N2/c1-10-8-12(4-7-14(10)16)9-11-2-5-13(15)6-3-11/h10-14H,2-9,15-16H2,1H3.